The van der Waals surface area contributed by atoms with Crippen LogP contribution < -0.4 is 0 Å². The van der Waals surface area contributed by atoms with E-state index in [9.17, 15) is 13.2 Å². The van der Waals surface area contributed by atoms with Crippen LogP contribution in [0.15, 0.2) is 35.7 Å². The van der Waals surface area contributed by atoms with Gasteiger partial charge in [0, 0.05) is 11.1 Å². The number of hydrogen-bond acceptors (Lipinski definition) is 2. The number of nitrogens with zero attached hydrogens (tertiary/aromatic N) is 2. The van der Waals surface area contributed by atoms with Crippen molar-refractivity contribution in [2.45, 2.75) is 6.18 Å². The summed E-state index contributed by atoms with van der Waals surface area (Å²) >= 11 is 12.9. The first-order chi connectivity index (χ1) is 10.4. The van der Waals surface area contributed by atoms with Crippen LogP contribution in [0.25, 0.3) is 16.3 Å². The lowest BCUT2D eigenvalue weighted by atomic mass is 10.3. The minimum atomic E-state index is -4.59. The summed E-state index contributed by atoms with van der Waals surface area (Å²) in [6.45, 7) is 0. The van der Waals surface area contributed by atoms with Crippen LogP contribution in [0, 0.1) is 6.07 Å². The summed E-state index contributed by atoms with van der Waals surface area (Å²) in [5, 5.41) is 6.45. The molecule has 1 radical (unpaired) electrons. The largest absolute Gasteiger partial charge is 0.434 e. The molecule has 0 aliphatic rings. The Bertz CT molecular complexity index is 806. The van der Waals surface area contributed by atoms with Gasteiger partial charge in [-0.05, 0) is 35.7 Å². The molecule has 0 amide bonds. The number of benzene rings is 1. The fraction of sp³-hybridized carbons (Fsp3) is 0.0714. The fourth-order valence-electron chi connectivity index (χ4n) is 1.87. The normalized spacial score (nSPS) is 11.9. The first kappa shape index (κ1) is 15.4. The summed E-state index contributed by atoms with van der Waals surface area (Å²) in [4.78, 5) is 0.444. The van der Waals surface area contributed by atoms with Crippen LogP contribution in [0.1, 0.15) is 5.69 Å². The van der Waals surface area contributed by atoms with E-state index in [1.54, 1.807) is 11.4 Å². The summed E-state index contributed by atoms with van der Waals surface area (Å²) < 4.78 is 40.5. The molecule has 0 saturated heterocycles. The molecule has 3 aromatic rings. The zero-order valence-electron chi connectivity index (χ0n) is 10.7. The van der Waals surface area contributed by atoms with Crippen molar-refractivity contribution in [3.63, 3.8) is 0 Å². The molecule has 1 aromatic carbocycles. The van der Waals surface area contributed by atoms with E-state index in [1.807, 2.05) is 0 Å². The van der Waals surface area contributed by atoms with Crippen molar-refractivity contribution in [3.8, 4) is 16.3 Å². The number of thiophene rings is 1. The van der Waals surface area contributed by atoms with Crippen LogP contribution >= 0.6 is 34.5 Å². The van der Waals surface area contributed by atoms with Crippen molar-refractivity contribution in [1.29, 1.82) is 0 Å². The highest BCUT2D eigenvalue weighted by Gasteiger charge is 2.37. The summed E-state index contributed by atoms with van der Waals surface area (Å²) in [5.74, 6) is 0. The molecule has 0 aliphatic heterocycles. The van der Waals surface area contributed by atoms with Crippen molar-refractivity contribution < 1.29 is 13.2 Å². The maximum Gasteiger partial charge on any atom is 0.434 e. The van der Waals surface area contributed by atoms with Gasteiger partial charge < -0.3 is 0 Å². The highest BCUT2D eigenvalue weighted by molar-refractivity contribution is 7.14. The molecule has 2 aromatic heterocycles. The van der Waals surface area contributed by atoms with Gasteiger partial charge in [-0.1, -0.05) is 23.2 Å². The Balaban J connectivity index is 2.18. The second kappa shape index (κ2) is 5.61. The minimum Gasteiger partial charge on any atom is -0.227 e. The molecule has 2 heterocycles. The Kier molecular flexibility index (Phi) is 3.92. The highest BCUT2D eigenvalue weighted by atomic mass is 35.5. The van der Waals surface area contributed by atoms with Gasteiger partial charge in [0.1, 0.15) is 5.69 Å². The topological polar surface area (TPSA) is 17.8 Å². The Labute approximate surface area is 137 Å². The average Bonchev–Trinajstić information content (AvgIpc) is 3.05. The maximum absolute atomic E-state index is 13.2. The van der Waals surface area contributed by atoms with Crippen molar-refractivity contribution >= 4 is 34.5 Å². The monoisotopic (exact) mass is 361 g/mol. The van der Waals surface area contributed by atoms with Crippen LogP contribution in [0.5, 0.6) is 0 Å². The van der Waals surface area contributed by atoms with Crippen molar-refractivity contribution in [1.82, 2.24) is 9.78 Å². The van der Waals surface area contributed by atoms with E-state index in [1.165, 1.54) is 35.6 Å². The van der Waals surface area contributed by atoms with E-state index in [4.69, 9.17) is 23.2 Å². The van der Waals surface area contributed by atoms with Gasteiger partial charge in [0.05, 0.1) is 15.6 Å². The first-order valence-electron chi connectivity index (χ1n) is 5.95. The molecule has 0 atom stereocenters. The van der Waals surface area contributed by atoms with Gasteiger partial charge in [-0.3, -0.25) is 0 Å². The van der Waals surface area contributed by atoms with Gasteiger partial charge in [-0.25, -0.2) is 4.68 Å². The van der Waals surface area contributed by atoms with Crippen LogP contribution in [-0.2, 0) is 6.18 Å². The quantitative estimate of drug-likeness (QED) is 0.570. The van der Waals surface area contributed by atoms with Gasteiger partial charge in [-0.15, -0.1) is 11.3 Å². The molecule has 113 valence electrons. The van der Waals surface area contributed by atoms with E-state index in [0.717, 1.165) is 4.68 Å². The van der Waals surface area contributed by atoms with Gasteiger partial charge in [0.25, 0.3) is 0 Å². The second-order valence-corrected chi connectivity index (χ2v) is 6.07. The molecule has 0 fully saturated rings. The van der Waals surface area contributed by atoms with E-state index in [-0.39, 0.29) is 11.4 Å². The van der Waals surface area contributed by atoms with Crippen LogP contribution in [0.4, 0.5) is 13.2 Å². The second-order valence-electron chi connectivity index (χ2n) is 4.31. The fourth-order valence-corrected chi connectivity index (χ4v) is 3.08. The van der Waals surface area contributed by atoms with Gasteiger partial charge in [-0.2, -0.15) is 18.3 Å². The van der Waals surface area contributed by atoms with E-state index in [0.29, 0.717) is 14.9 Å². The molecular weight excluding hydrogens is 356 g/mol. The number of hydrogen-bond donors (Lipinski definition) is 0. The first-order valence-corrected chi connectivity index (χ1v) is 7.58. The van der Waals surface area contributed by atoms with Crippen LogP contribution in [0.2, 0.25) is 10.0 Å². The van der Waals surface area contributed by atoms with Crippen LogP contribution in [-0.4, -0.2) is 9.78 Å². The molecule has 0 bridgehead atoms. The molecule has 3 rings (SSSR count). The highest BCUT2D eigenvalue weighted by Crippen LogP contribution is 2.37. The lowest BCUT2D eigenvalue weighted by Crippen LogP contribution is -2.13. The predicted octanol–water partition coefficient (Wildman–Crippen LogP) is 5.73. The van der Waals surface area contributed by atoms with Crippen LogP contribution in [0.3, 0.4) is 0 Å². The van der Waals surface area contributed by atoms with Gasteiger partial charge >= 0.3 is 6.18 Å². The third-order valence-electron chi connectivity index (χ3n) is 2.82. The Morgan fingerprint density at radius 1 is 1.09 bits per heavy atom. The minimum absolute atomic E-state index is 0.0577. The summed E-state index contributed by atoms with van der Waals surface area (Å²) in [6, 6.07) is 9.81. The van der Waals surface area contributed by atoms with E-state index >= 15 is 0 Å². The molecule has 0 aliphatic carbocycles. The molecule has 0 spiro atoms. The molecule has 0 unspecified atom stereocenters. The number of rotatable bonds is 2. The average molecular weight is 362 g/mol. The number of aromatic nitrogens is 2. The molecule has 2 nitrogen and oxygen atoms in total. The Morgan fingerprint density at radius 3 is 2.32 bits per heavy atom. The number of halogens is 5. The van der Waals surface area contributed by atoms with E-state index < -0.39 is 11.9 Å². The predicted molar refractivity (Wildman–Crippen MR) is 80.7 cm³/mol. The lowest BCUT2D eigenvalue weighted by molar-refractivity contribution is -0.143. The molecule has 8 heteroatoms. The third-order valence-corrected chi connectivity index (χ3v) is 4.42. The van der Waals surface area contributed by atoms with Gasteiger partial charge in [0.2, 0.25) is 0 Å². The molecular formula is C14H6Cl2F3N2S. The summed E-state index contributed by atoms with van der Waals surface area (Å²) in [6.07, 6.45) is -4.59. The Morgan fingerprint density at radius 2 is 1.77 bits per heavy atom. The smallest absolute Gasteiger partial charge is 0.227 e. The SMILES string of the molecule is FC(F)(F)c1[c]c(-c2sccc2Cl)nn1-c1ccc(Cl)cc1. The Hall–Kier alpha value is -1.50. The zero-order valence-corrected chi connectivity index (χ0v) is 13.0. The summed E-state index contributed by atoms with van der Waals surface area (Å²) in [5.41, 5.74) is -0.691. The number of alkyl halides is 3. The van der Waals surface area contributed by atoms with Gasteiger partial charge in [0.15, 0.2) is 5.69 Å². The molecule has 0 saturated carbocycles. The molecule has 0 N–H and O–H groups in total. The maximum atomic E-state index is 13.2. The zero-order chi connectivity index (χ0) is 15.9. The standard InChI is InChI=1S/C14H6Cl2F3N2S/c15-8-1-3-9(4-2-8)21-12(14(17,18)19)7-11(20-21)13-10(16)5-6-22-13/h1-6H. The summed E-state index contributed by atoms with van der Waals surface area (Å²) in [7, 11) is 0. The lowest BCUT2D eigenvalue weighted by Gasteiger charge is -2.09. The van der Waals surface area contributed by atoms with E-state index in [2.05, 4.69) is 11.2 Å². The van der Waals surface area contributed by atoms with Crippen molar-refractivity contribution in [2.75, 3.05) is 0 Å². The third kappa shape index (κ3) is 2.86. The molecule has 22 heavy (non-hydrogen) atoms. The van der Waals surface area contributed by atoms with Crippen molar-refractivity contribution in [2.24, 2.45) is 0 Å². The van der Waals surface area contributed by atoms with Crippen molar-refractivity contribution in [3.05, 3.63) is 57.5 Å².